The van der Waals surface area contributed by atoms with Gasteiger partial charge in [-0.15, -0.1) is 0 Å². The summed E-state index contributed by atoms with van der Waals surface area (Å²) in [6.45, 7) is 2.56. The van der Waals surface area contributed by atoms with Gasteiger partial charge in [-0.2, -0.15) is 0 Å². The van der Waals surface area contributed by atoms with Crippen LogP contribution in [-0.4, -0.2) is 21.4 Å². The van der Waals surface area contributed by atoms with Crippen molar-refractivity contribution in [2.24, 2.45) is 0 Å². The number of hydrogen-bond donors (Lipinski definition) is 0. The van der Waals surface area contributed by atoms with Crippen LogP contribution in [-0.2, 0) is 19.5 Å². The van der Waals surface area contributed by atoms with Gasteiger partial charge in [-0.05, 0) is 68.6 Å². The van der Waals surface area contributed by atoms with Crippen LogP contribution < -0.4 is 0 Å². The fourth-order valence-electron chi connectivity index (χ4n) is 4.95. The van der Waals surface area contributed by atoms with E-state index in [2.05, 4.69) is 93.7 Å². The second-order valence-corrected chi connectivity index (χ2v) is 8.68. The molecule has 2 heterocycles. The lowest BCUT2D eigenvalue weighted by atomic mass is 9.91. The highest BCUT2D eigenvalue weighted by Gasteiger charge is 2.13. The lowest BCUT2D eigenvalue weighted by Gasteiger charge is -2.22. The van der Waals surface area contributed by atoms with Crippen LogP contribution >= 0.6 is 0 Å². The van der Waals surface area contributed by atoms with Crippen LogP contribution in [0.2, 0.25) is 0 Å². The highest BCUT2D eigenvalue weighted by Crippen LogP contribution is 2.36. The average molecular weight is 428 g/mol. The van der Waals surface area contributed by atoms with Crippen LogP contribution in [0.5, 0.6) is 0 Å². The Morgan fingerprint density at radius 3 is 1.79 bits per heavy atom. The molecular formula is C30H25N3. The smallest absolute Gasteiger partial charge is 0.0544 e. The Balaban J connectivity index is 1.33. The van der Waals surface area contributed by atoms with E-state index < -0.39 is 0 Å². The van der Waals surface area contributed by atoms with Gasteiger partial charge in [0, 0.05) is 32.0 Å². The third-order valence-corrected chi connectivity index (χ3v) is 6.54. The minimum absolute atomic E-state index is 0.809. The number of aromatic nitrogens is 2. The van der Waals surface area contributed by atoms with Crippen LogP contribution in [0, 0.1) is 0 Å². The standard InChI is InChI=1S/C30H25N3/c1-3-17-31-26(8-1)20-33(21-27-9-2-4-18-32-27)19-16-22-10-11-25-13-12-23-6-5-7-24-14-15-28(22)30(25)29(23)24/h1-15,17-18H,16,19-21H2. The molecule has 0 bridgehead atoms. The molecule has 0 radical (unpaired) electrons. The third kappa shape index (κ3) is 3.92. The van der Waals surface area contributed by atoms with Gasteiger partial charge in [-0.1, -0.05) is 66.7 Å². The van der Waals surface area contributed by atoms with Crippen molar-refractivity contribution >= 4 is 32.3 Å². The predicted molar refractivity (Wildman–Crippen MR) is 136 cm³/mol. The molecule has 4 aromatic carbocycles. The van der Waals surface area contributed by atoms with Gasteiger partial charge in [-0.3, -0.25) is 14.9 Å². The van der Waals surface area contributed by atoms with E-state index in [0.717, 1.165) is 37.4 Å². The summed E-state index contributed by atoms with van der Waals surface area (Å²) in [5.41, 5.74) is 3.57. The quantitative estimate of drug-likeness (QED) is 0.268. The van der Waals surface area contributed by atoms with Gasteiger partial charge >= 0.3 is 0 Å². The zero-order valence-corrected chi connectivity index (χ0v) is 18.5. The molecule has 0 saturated heterocycles. The first-order valence-electron chi connectivity index (χ1n) is 11.5. The molecule has 0 aliphatic rings. The topological polar surface area (TPSA) is 29.0 Å². The summed E-state index contributed by atoms with van der Waals surface area (Å²) in [5, 5.41) is 8.09. The molecule has 0 saturated carbocycles. The SMILES string of the molecule is c1ccc(CN(CCc2ccc3ccc4cccc5ccc2c3c45)Cc2ccccn2)nc1. The zero-order valence-electron chi connectivity index (χ0n) is 18.5. The summed E-state index contributed by atoms with van der Waals surface area (Å²) >= 11 is 0. The summed E-state index contributed by atoms with van der Waals surface area (Å²) in [5.74, 6) is 0. The Morgan fingerprint density at radius 2 is 1.15 bits per heavy atom. The summed E-state index contributed by atoms with van der Waals surface area (Å²) in [6.07, 6.45) is 4.72. The first-order chi connectivity index (χ1) is 16.3. The van der Waals surface area contributed by atoms with Gasteiger partial charge in [0.25, 0.3) is 0 Å². The van der Waals surface area contributed by atoms with E-state index in [9.17, 15) is 0 Å². The summed E-state index contributed by atoms with van der Waals surface area (Å²) in [6, 6.07) is 32.5. The zero-order chi connectivity index (χ0) is 22.0. The van der Waals surface area contributed by atoms with Crippen LogP contribution in [0.4, 0.5) is 0 Å². The summed E-state index contributed by atoms with van der Waals surface area (Å²) in [4.78, 5) is 11.6. The fourth-order valence-corrected chi connectivity index (χ4v) is 4.95. The van der Waals surface area contributed by atoms with Crippen molar-refractivity contribution in [3.63, 3.8) is 0 Å². The Labute approximate surface area is 193 Å². The molecule has 0 fully saturated rings. The van der Waals surface area contributed by atoms with Crippen molar-refractivity contribution in [1.29, 1.82) is 0 Å². The fraction of sp³-hybridized carbons (Fsp3) is 0.133. The number of rotatable bonds is 7. The molecular weight excluding hydrogens is 402 g/mol. The average Bonchev–Trinajstić information content (AvgIpc) is 2.87. The van der Waals surface area contributed by atoms with E-state index >= 15 is 0 Å². The van der Waals surface area contributed by atoms with E-state index in [1.807, 2.05) is 24.5 Å². The first kappa shape index (κ1) is 19.8. The van der Waals surface area contributed by atoms with E-state index in [4.69, 9.17) is 0 Å². The molecule has 3 nitrogen and oxygen atoms in total. The number of nitrogens with zero attached hydrogens (tertiary/aromatic N) is 3. The molecule has 2 aromatic heterocycles. The lowest BCUT2D eigenvalue weighted by molar-refractivity contribution is 0.254. The second-order valence-electron chi connectivity index (χ2n) is 8.68. The normalized spacial score (nSPS) is 11.8. The largest absolute Gasteiger partial charge is 0.291 e. The maximum Gasteiger partial charge on any atom is 0.0544 e. The van der Waals surface area contributed by atoms with Crippen LogP contribution in [0.25, 0.3) is 32.3 Å². The van der Waals surface area contributed by atoms with E-state index in [1.165, 1.54) is 37.9 Å². The number of pyridine rings is 2. The first-order valence-corrected chi connectivity index (χ1v) is 11.5. The number of hydrogen-bond acceptors (Lipinski definition) is 3. The number of benzene rings is 4. The van der Waals surface area contributed by atoms with Gasteiger partial charge in [0.2, 0.25) is 0 Å². The molecule has 0 amide bonds. The van der Waals surface area contributed by atoms with Gasteiger partial charge in [0.1, 0.15) is 0 Å². The Bertz CT molecular complexity index is 1450. The minimum atomic E-state index is 0.809. The van der Waals surface area contributed by atoms with Gasteiger partial charge in [0.15, 0.2) is 0 Å². The molecule has 0 spiro atoms. The van der Waals surface area contributed by atoms with E-state index in [-0.39, 0.29) is 0 Å². The highest BCUT2D eigenvalue weighted by atomic mass is 15.1. The van der Waals surface area contributed by atoms with E-state index in [0.29, 0.717) is 0 Å². The Kier molecular flexibility index (Phi) is 5.17. The molecule has 0 unspecified atom stereocenters. The molecule has 3 heteroatoms. The Hall–Kier alpha value is -3.82. The van der Waals surface area contributed by atoms with Crippen LogP contribution in [0.3, 0.4) is 0 Å². The van der Waals surface area contributed by atoms with Gasteiger partial charge < -0.3 is 0 Å². The molecule has 6 rings (SSSR count). The lowest BCUT2D eigenvalue weighted by Crippen LogP contribution is -2.26. The van der Waals surface area contributed by atoms with Crippen molar-refractivity contribution < 1.29 is 0 Å². The van der Waals surface area contributed by atoms with Crippen LogP contribution in [0.15, 0.2) is 103 Å². The molecule has 0 N–H and O–H groups in total. The molecule has 0 atom stereocenters. The minimum Gasteiger partial charge on any atom is -0.291 e. The predicted octanol–water partition coefficient (Wildman–Crippen LogP) is 6.62. The molecule has 33 heavy (non-hydrogen) atoms. The van der Waals surface area contributed by atoms with Crippen molar-refractivity contribution in [3.8, 4) is 0 Å². The van der Waals surface area contributed by atoms with Gasteiger partial charge in [0.05, 0.1) is 11.4 Å². The van der Waals surface area contributed by atoms with Crippen molar-refractivity contribution in [3.05, 3.63) is 120 Å². The monoisotopic (exact) mass is 427 g/mol. The Morgan fingerprint density at radius 1 is 0.545 bits per heavy atom. The maximum absolute atomic E-state index is 4.56. The molecule has 6 aromatic rings. The molecule has 0 aliphatic carbocycles. The highest BCUT2D eigenvalue weighted by molar-refractivity contribution is 6.23. The van der Waals surface area contributed by atoms with Crippen LogP contribution in [0.1, 0.15) is 17.0 Å². The van der Waals surface area contributed by atoms with Crippen molar-refractivity contribution in [2.75, 3.05) is 6.54 Å². The summed E-state index contributed by atoms with van der Waals surface area (Å²) in [7, 11) is 0. The van der Waals surface area contributed by atoms with Crippen molar-refractivity contribution in [2.45, 2.75) is 19.5 Å². The second kappa shape index (κ2) is 8.61. The van der Waals surface area contributed by atoms with Crippen molar-refractivity contribution in [1.82, 2.24) is 14.9 Å². The molecule has 0 aliphatic heterocycles. The van der Waals surface area contributed by atoms with Gasteiger partial charge in [-0.25, -0.2) is 0 Å². The molecule has 160 valence electrons. The summed E-state index contributed by atoms with van der Waals surface area (Å²) < 4.78 is 0. The van der Waals surface area contributed by atoms with E-state index in [1.54, 1.807) is 0 Å². The maximum atomic E-state index is 4.56. The third-order valence-electron chi connectivity index (χ3n) is 6.54.